The van der Waals surface area contributed by atoms with Gasteiger partial charge >= 0.3 is 0 Å². The van der Waals surface area contributed by atoms with Crippen molar-refractivity contribution in [3.8, 4) is 0 Å². The maximum atomic E-state index is 5.90. The highest BCUT2D eigenvalue weighted by Crippen LogP contribution is 2.22. The molecule has 4 heteroatoms. The van der Waals surface area contributed by atoms with Crippen LogP contribution in [0.25, 0.3) is 0 Å². The number of hydrogen-bond acceptors (Lipinski definition) is 3. The van der Waals surface area contributed by atoms with Gasteiger partial charge in [0.25, 0.3) is 0 Å². The second-order valence-corrected chi connectivity index (χ2v) is 5.63. The average Bonchev–Trinajstić information content (AvgIpc) is 2.78. The molecule has 2 nitrogen and oxygen atoms in total. The number of thiophene rings is 1. The summed E-state index contributed by atoms with van der Waals surface area (Å²) in [6.07, 6.45) is 1.03. The molecule has 1 aromatic heterocycles. The molecule has 18 heavy (non-hydrogen) atoms. The van der Waals surface area contributed by atoms with Crippen molar-refractivity contribution < 1.29 is 0 Å². The fourth-order valence-electron chi connectivity index (χ4n) is 1.90. The van der Waals surface area contributed by atoms with Gasteiger partial charge in [-0.1, -0.05) is 30.7 Å². The zero-order chi connectivity index (χ0) is 13.0. The van der Waals surface area contributed by atoms with Crippen molar-refractivity contribution in [3.05, 3.63) is 51.2 Å². The highest BCUT2D eigenvalue weighted by atomic mass is 35.5. The molecule has 1 heterocycles. The smallest absolute Gasteiger partial charge is 0.0468 e. The normalized spacial score (nSPS) is 12.6. The molecular formula is C14H17ClN2S. The van der Waals surface area contributed by atoms with Crippen LogP contribution in [0.15, 0.2) is 35.7 Å². The molecule has 0 bridgehead atoms. The van der Waals surface area contributed by atoms with Gasteiger partial charge in [0, 0.05) is 28.2 Å². The van der Waals surface area contributed by atoms with Gasteiger partial charge in [-0.3, -0.25) is 0 Å². The molecule has 1 unspecified atom stereocenters. The lowest BCUT2D eigenvalue weighted by Crippen LogP contribution is -2.20. The van der Waals surface area contributed by atoms with E-state index in [1.165, 1.54) is 10.4 Å². The van der Waals surface area contributed by atoms with E-state index in [1.807, 2.05) is 23.6 Å². The fourth-order valence-corrected chi connectivity index (χ4v) is 2.78. The lowest BCUT2D eigenvalue weighted by Gasteiger charge is -2.17. The summed E-state index contributed by atoms with van der Waals surface area (Å²) in [5.74, 6) is 0. The summed E-state index contributed by atoms with van der Waals surface area (Å²) in [6, 6.07) is 10.3. The lowest BCUT2D eigenvalue weighted by atomic mass is 10.0. The Morgan fingerprint density at radius 3 is 2.56 bits per heavy atom. The summed E-state index contributed by atoms with van der Waals surface area (Å²) in [5, 5.41) is 6.33. The van der Waals surface area contributed by atoms with E-state index in [9.17, 15) is 0 Å². The van der Waals surface area contributed by atoms with Crippen LogP contribution in [0.2, 0.25) is 5.02 Å². The molecule has 0 spiro atoms. The van der Waals surface area contributed by atoms with Crippen molar-refractivity contribution >= 4 is 28.6 Å². The first-order chi connectivity index (χ1) is 8.70. The Labute approximate surface area is 117 Å². The van der Waals surface area contributed by atoms with Crippen LogP contribution < -0.4 is 11.1 Å². The highest BCUT2D eigenvalue weighted by molar-refractivity contribution is 7.10. The molecule has 2 rings (SSSR count). The number of hydrogen-bond donors (Lipinski definition) is 2. The Bertz CT molecular complexity index is 493. The molecule has 3 N–H and O–H groups in total. The van der Waals surface area contributed by atoms with E-state index >= 15 is 0 Å². The predicted octanol–water partition coefficient (Wildman–Crippen LogP) is 4.22. The maximum absolute atomic E-state index is 5.90. The minimum Gasteiger partial charge on any atom is -0.398 e. The van der Waals surface area contributed by atoms with Crippen LogP contribution >= 0.6 is 22.9 Å². The Morgan fingerprint density at radius 1 is 1.28 bits per heavy atom. The first kappa shape index (κ1) is 13.4. The van der Waals surface area contributed by atoms with Crippen molar-refractivity contribution in [2.24, 2.45) is 0 Å². The van der Waals surface area contributed by atoms with Gasteiger partial charge in [0.15, 0.2) is 0 Å². The van der Waals surface area contributed by atoms with E-state index in [1.54, 1.807) is 11.3 Å². The number of nitrogens with two attached hydrogens (primary N) is 1. The van der Waals surface area contributed by atoms with Crippen LogP contribution in [0.3, 0.4) is 0 Å². The standard InChI is InChI=1S/C14H17ClN2S/c1-2-13(10-3-5-11(15)6-4-10)17-9-14-12(16)7-8-18-14/h3-8,13,17H,2,9,16H2,1H3. The summed E-state index contributed by atoms with van der Waals surface area (Å²) < 4.78 is 0. The van der Waals surface area contributed by atoms with Crippen LogP contribution in [-0.2, 0) is 6.54 Å². The van der Waals surface area contributed by atoms with E-state index in [4.69, 9.17) is 17.3 Å². The predicted molar refractivity (Wildman–Crippen MR) is 80.1 cm³/mol. The summed E-state index contributed by atoms with van der Waals surface area (Å²) in [4.78, 5) is 1.20. The minimum absolute atomic E-state index is 0.337. The molecule has 0 saturated carbocycles. The third kappa shape index (κ3) is 3.25. The largest absolute Gasteiger partial charge is 0.398 e. The number of halogens is 1. The van der Waals surface area contributed by atoms with E-state index in [0.717, 1.165) is 23.7 Å². The van der Waals surface area contributed by atoms with Crippen molar-refractivity contribution in [1.29, 1.82) is 0 Å². The molecule has 1 atom stereocenters. The molecule has 2 aromatic rings. The summed E-state index contributed by atoms with van der Waals surface area (Å²) in [5.41, 5.74) is 8.01. The summed E-state index contributed by atoms with van der Waals surface area (Å²) in [6.45, 7) is 2.98. The Hall–Kier alpha value is -1.03. The van der Waals surface area contributed by atoms with Crippen molar-refractivity contribution in [3.63, 3.8) is 0 Å². The molecule has 96 valence electrons. The second-order valence-electron chi connectivity index (χ2n) is 4.19. The first-order valence-corrected chi connectivity index (χ1v) is 7.27. The number of nitrogen functional groups attached to an aromatic ring is 1. The fraction of sp³-hybridized carbons (Fsp3) is 0.286. The van der Waals surface area contributed by atoms with Crippen LogP contribution in [0.5, 0.6) is 0 Å². The highest BCUT2D eigenvalue weighted by Gasteiger charge is 2.09. The monoisotopic (exact) mass is 280 g/mol. The Balaban J connectivity index is 2.01. The van der Waals surface area contributed by atoms with Crippen LogP contribution in [0, 0.1) is 0 Å². The SMILES string of the molecule is CCC(NCc1sccc1N)c1ccc(Cl)cc1. The molecular weight excluding hydrogens is 264 g/mol. The summed E-state index contributed by atoms with van der Waals surface area (Å²) in [7, 11) is 0. The zero-order valence-electron chi connectivity index (χ0n) is 10.3. The van der Waals surface area contributed by atoms with Crippen LogP contribution in [-0.4, -0.2) is 0 Å². The number of anilines is 1. The van der Waals surface area contributed by atoms with Crippen molar-refractivity contribution in [1.82, 2.24) is 5.32 Å². The minimum atomic E-state index is 0.337. The van der Waals surface area contributed by atoms with Crippen molar-refractivity contribution in [2.45, 2.75) is 25.9 Å². The number of nitrogens with one attached hydrogen (secondary N) is 1. The quantitative estimate of drug-likeness (QED) is 0.860. The van der Waals surface area contributed by atoms with Gasteiger partial charge < -0.3 is 11.1 Å². The molecule has 1 aromatic carbocycles. The van der Waals surface area contributed by atoms with E-state index in [-0.39, 0.29) is 0 Å². The van der Waals surface area contributed by atoms with Gasteiger partial charge in [0.1, 0.15) is 0 Å². The lowest BCUT2D eigenvalue weighted by molar-refractivity contribution is 0.522. The second kappa shape index (κ2) is 6.23. The van der Waals surface area contributed by atoms with Gasteiger partial charge in [-0.2, -0.15) is 0 Å². The molecule has 0 saturated heterocycles. The molecule has 0 amide bonds. The third-order valence-corrected chi connectivity index (χ3v) is 4.16. The number of rotatable bonds is 5. The van der Waals surface area contributed by atoms with Gasteiger partial charge in [-0.15, -0.1) is 11.3 Å². The maximum Gasteiger partial charge on any atom is 0.0468 e. The van der Waals surface area contributed by atoms with Crippen LogP contribution in [0.4, 0.5) is 5.69 Å². The van der Waals surface area contributed by atoms with Crippen LogP contribution in [0.1, 0.15) is 29.8 Å². The van der Waals surface area contributed by atoms with Crippen molar-refractivity contribution in [2.75, 3.05) is 5.73 Å². The van der Waals surface area contributed by atoms with Gasteiger partial charge in [-0.25, -0.2) is 0 Å². The van der Waals surface area contributed by atoms with Gasteiger partial charge in [0.2, 0.25) is 0 Å². The van der Waals surface area contributed by atoms with E-state index in [0.29, 0.717) is 6.04 Å². The van der Waals surface area contributed by atoms with Gasteiger partial charge in [0.05, 0.1) is 0 Å². The van der Waals surface area contributed by atoms with E-state index < -0.39 is 0 Å². The topological polar surface area (TPSA) is 38.0 Å². The number of benzene rings is 1. The first-order valence-electron chi connectivity index (χ1n) is 6.01. The molecule has 0 fully saturated rings. The molecule has 0 radical (unpaired) electrons. The molecule has 0 aliphatic rings. The van der Waals surface area contributed by atoms with E-state index in [2.05, 4.69) is 24.4 Å². The molecule has 0 aliphatic carbocycles. The molecule has 0 aliphatic heterocycles. The summed E-state index contributed by atoms with van der Waals surface area (Å²) >= 11 is 7.59. The average molecular weight is 281 g/mol. The zero-order valence-corrected chi connectivity index (χ0v) is 11.9. The van der Waals surface area contributed by atoms with Gasteiger partial charge in [-0.05, 0) is 35.6 Å². The Kier molecular flexibility index (Phi) is 4.64. The third-order valence-electron chi connectivity index (χ3n) is 2.97. The Morgan fingerprint density at radius 2 is 2.00 bits per heavy atom.